The molecule has 82 valence electrons. The normalized spacial score (nSPS) is 33.3. The van der Waals surface area contributed by atoms with E-state index in [0.717, 1.165) is 9.15 Å². The van der Waals surface area contributed by atoms with E-state index in [-0.39, 0.29) is 11.7 Å². The third-order valence-electron chi connectivity index (χ3n) is 2.35. The molecule has 0 aromatic carbocycles. The van der Waals surface area contributed by atoms with Crippen molar-refractivity contribution in [2.24, 2.45) is 5.92 Å². The third kappa shape index (κ3) is 4.20. The molecule has 0 saturated heterocycles. The number of halogens is 1. The number of aliphatic hydroxyl groups excluding tert-OH is 1. The van der Waals surface area contributed by atoms with E-state index in [9.17, 15) is 9.90 Å². The number of hydrogen-bond donors (Lipinski definition) is 1. The number of rotatable bonds is 1. The summed E-state index contributed by atoms with van der Waals surface area (Å²) < 4.78 is 1.05. The monoisotopic (exact) mass is 318 g/mol. The molecule has 0 aromatic heterocycles. The van der Waals surface area contributed by atoms with E-state index in [4.69, 9.17) is 0 Å². The van der Waals surface area contributed by atoms with Crippen molar-refractivity contribution in [2.45, 2.75) is 26.7 Å². The lowest BCUT2D eigenvalue weighted by atomic mass is 9.98. The van der Waals surface area contributed by atoms with Crippen LogP contribution in [0.25, 0.3) is 0 Å². The highest BCUT2D eigenvalue weighted by Gasteiger charge is 2.13. The first-order chi connectivity index (χ1) is 6.99. The van der Waals surface area contributed by atoms with E-state index in [1.54, 1.807) is 13.0 Å². The van der Waals surface area contributed by atoms with Crippen LogP contribution in [0.3, 0.4) is 0 Å². The van der Waals surface area contributed by atoms with E-state index in [1.165, 1.54) is 0 Å². The maximum Gasteiger partial charge on any atom is 0.136 e. The molecule has 0 bridgehead atoms. The highest BCUT2D eigenvalue weighted by molar-refractivity contribution is 14.1. The van der Waals surface area contributed by atoms with Crippen LogP contribution in [0.4, 0.5) is 0 Å². The number of allylic oxidation sites excluding steroid dienone is 6. The fourth-order valence-electron chi connectivity index (χ4n) is 1.54. The van der Waals surface area contributed by atoms with Gasteiger partial charge in [0.05, 0.1) is 5.76 Å². The summed E-state index contributed by atoms with van der Waals surface area (Å²) in [6.07, 6.45) is 6.95. The Morgan fingerprint density at radius 1 is 1.53 bits per heavy atom. The Labute approximate surface area is 104 Å². The number of aliphatic hydroxyl groups is 1. The molecule has 1 rings (SSSR count). The Morgan fingerprint density at radius 2 is 2.20 bits per heavy atom. The van der Waals surface area contributed by atoms with Gasteiger partial charge < -0.3 is 5.11 Å². The molecule has 1 N–H and O–H groups in total. The Balaban J connectivity index is 3.00. The minimum absolute atomic E-state index is 0.0744. The lowest BCUT2D eigenvalue weighted by Gasteiger charge is -2.08. The van der Waals surface area contributed by atoms with Crippen molar-refractivity contribution in [2.75, 3.05) is 0 Å². The van der Waals surface area contributed by atoms with Crippen LogP contribution in [-0.2, 0) is 4.79 Å². The summed E-state index contributed by atoms with van der Waals surface area (Å²) in [6.45, 7) is 3.54. The first-order valence-corrected chi connectivity index (χ1v) is 6.02. The smallest absolute Gasteiger partial charge is 0.136 e. The molecule has 3 heteroatoms. The summed E-state index contributed by atoms with van der Waals surface area (Å²) >= 11 is 2.21. The van der Waals surface area contributed by atoms with Gasteiger partial charge in [0.15, 0.2) is 0 Å². The molecule has 0 saturated carbocycles. The molecule has 1 atom stereocenters. The zero-order valence-corrected chi connectivity index (χ0v) is 11.1. The Morgan fingerprint density at radius 3 is 2.80 bits per heavy atom. The summed E-state index contributed by atoms with van der Waals surface area (Å²) in [7, 11) is 0. The van der Waals surface area contributed by atoms with Crippen LogP contribution in [0, 0.1) is 5.92 Å². The van der Waals surface area contributed by atoms with Gasteiger partial charge in [-0.1, -0.05) is 6.08 Å². The first-order valence-electron chi connectivity index (χ1n) is 4.94. The SMILES string of the molecule is CC(=O)C1/C=C(I)/C=C(C)\C=C(\O)CC1. The zero-order chi connectivity index (χ0) is 11.4. The average Bonchev–Trinajstić information content (AvgIpc) is 2.15. The molecule has 0 aromatic rings. The molecule has 2 nitrogen and oxygen atoms in total. The van der Waals surface area contributed by atoms with Crippen molar-refractivity contribution >= 4 is 28.4 Å². The van der Waals surface area contributed by atoms with Gasteiger partial charge >= 0.3 is 0 Å². The van der Waals surface area contributed by atoms with Crippen LogP contribution in [0.2, 0.25) is 0 Å². The van der Waals surface area contributed by atoms with Crippen LogP contribution in [-0.4, -0.2) is 10.9 Å². The van der Waals surface area contributed by atoms with Gasteiger partial charge in [0.2, 0.25) is 0 Å². The van der Waals surface area contributed by atoms with Crippen molar-refractivity contribution in [3.8, 4) is 0 Å². The fraction of sp³-hybridized carbons (Fsp3) is 0.417. The standard InChI is InChI=1S/C12H15IO2/c1-8-5-11(13)7-10(9(2)14)3-4-12(15)6-8/h5-7,10,15H,3-4H2,1-2H3/b8-5-,11-7-,12-6+. The highest BCUT2D eigenvalue weighted by atomic mass is 127. The number of carbonyl (C=O) groups excluding carboxylic acids is 1. The van der Waals surface area contributed by atoms with E-state index < -0.39 is 0 Å². The molecular weight excluding hydrogens is 303 g/mol. The summed E-state index contributed by atoms with van der Waals surface area (Å²) in [5.74, 6) is 0.439. The number of ketones is 1. The van der Waals surface area contributed by atoms with Crippen LogP contribution >= 0.6 is 22.6 Å². The van der Waals surface area contributed by atoms with Crippen molar-refractivity contribution in [1.29, 1.82) is 0 Å². The predicted octanol–water partition coefficient (Wildman–Crippen LogP) is 3.69. The molecule has 1 aliphatic rings. The molecule has 15 heavy (non-hydrogen) atoms. The maximum absolute atomic E-state index is 11.3. The van der Waals surface area contributed by atoms with Gasteiger partial charge in [0.25, 0.3) is 0 Å². The van der Waals surface area contributed by atoms with Gasteiger partial charge in [-0.15, -0.1) is 0 Å². The predicted molar refractivity (Wildman–Crippen MR) is 70.0 cm³/mol. The summed E-state index contributed by atoms with van der Waals surface area (Å²) in [5, 5.41) is 9.58. The van der Waals surface area contributed by atoms with Gasteiger partial charge in [-0.05, 0) is 60.6 Å². The minimum Gasteiger partial charge on any atom is -0.512 e. The van der Waals surface area contributed by atoms with Crippen molar-refractivity contribution in [1.82, 2.24) is 0 Å². The molecule has 0 radical (unpaired) electrons. The highest BCUT2D eigenvalue weighted by Crippen LogP contribution is 2.23. The topological polar surface area (TPSA) is 37.3 Å². The van der Waals surface area contributed by atoms with E-state index >= 15 is 0 Å². The second-order valence-electron chi connectivity index (χ2n) is 3.83. The number of Topliss-reactive ketones (excluding diaryl/α,β-unsaturated/α-hetero) is 1. The quantitative estimate of drug-likeness (QED) is 0.749. The molecule has 0 fully saturated rings. The first kappa shape index (κ1) is 12.5. The van der Waals surface area contributed by atoms with E-state index in [0.29, 0.717) is 18.6 Å². The number of carbonyl (C=O) groups is 1. The zero-order valence-electron chi connectivity index (χ0n) is 8.96. The Kier molecular flexibility index (Phi) is 4.57. The molecule has 0 aliphatic heterocycles. The summed E-state index contributed by atoms with van der Waals surface area (Å²) in [5.41, 5.74) is 1.01. The minimum atomic E-state index is -0.0744. The molecule has 0 spiro atoms. The largest absolute Gasteiger partial charge is 0.512 e. The Bertz CT molecular complexity index is 351. The van der Waals surface area contributed by atoms with Gasteiger partial charge in [-0.25, -0.2) is 0 Å². The van der Waals surface area contributed by atoms with Crippen molar-refractivity contribution in [3.05, 3.63) is 33.1 Å². The second-order valence-corrected chi connectivity index (χ2v) is 5.08. The number of hydrogen-bond acceptors (Lipinski definition) is 2. The van der Waals surface area contributed by atoms with Crippen LogP contribution in [0.15, 0.2) is 33.1 Å². The third-order valence-corrected chi connectivity index (χ3v) is 3.02. The molecule has 0 amide bonds. The van der Waals surface area contributed by atoms with Gasteiger partial charge in [0.1, 0.15) is 5.78 Å². The van der Waals surface area contributed by atoms with Crippen LogP contribution < -0.4 is 0 Å². The van der Waals surface area contributed by atoms with Crippen molar-refractivity contribution < 1.29 is 9.90 Å². The van der Waals surface area contributed by atoms with Gasteiger partial charge in [-0.3, -0.25) is 4.79 Å². The summed E-state index contributed by atoms with van der Waals surface area (Å²) in [6, 6.07) is 0. The summed E-state index contributed by atoms with van der Waals surface area (Å²) in [4.78, 5) is 11.3. The lowest BCUT2D eigenvalue weighted by Crippen LogP contribution is -2.08. The lowest BCUT2D eigenvalue weighted by molar-refractivity contribution is -0.119. The fourth-order valence-corrected chi connectivity index (χ4v) is 2.47. The molecule has 0 heterocycles. The Hall–Kier alpha value is -0.580. The van der Waals surface area contributed by atoms with Crippen molar-refractivity contribution in [3.63, 3.8) is 0 Å². The molecular formula is C12H15IO2. The van der Waals surface area contributed by atoms with Gasteiger partial charge in [-0.2, -0.15) is 0 Å². The van der Waals surface area contributed by atoms with Gasteiger partial charge in [0, 0.05) is 15.9 Å². The van der Waals surface area contributed by atoms with Crippen LogP contribution in [0.5, 0.6) is 0 Å². The van der Waals surface area contributed by atoms with Crippen LogP contribution in [0.1, 0.15) is 26.7 Å². The maximum atomic E-state index is 11.3. The second kappa shape index (κ2) is 5.49. The van der Waals surface area contributed by atoms with E-state index in [2.05, 4.69) is 22.6 Å². The van der Waals surface area contributed by atoms with E-state index in [1.807, 2.05) is 19.1 Å². The molecule has 1 unspecified atom stereocenters. The molecule has 1 aliphatic carbocycles. The average molecular weight is 318 g/mol.